The molecule has 5 nitrogen and oxygen atoms in total. The van der Waals surface area contributed by atoms with Crippen molar-refractivity contribution >= 4 is 51.5 Å². The summed E-state index contributed by atoms with van der Waals surface area (Å²) in [6, 6.07) is 11.0. The van der Waals surface area contributed by atoms with E-state index in [4.69, 9.17) is 11.6 Å². The Morgan fingerprint density at radius 3 is 2.65 bits per heavy atom. The van der Waals surface area contributed by atoms with Crippen molar-refractivity contribution in [2.45, 2.75) is 0 Å². The van der Waals surface area contributed by atoms with Crippen LogP contribution in [0.25, 0.3) is 0 Å². The Hall–Kier alpha value is -1.67. The summed E-state index contributed by atoms with van der Waals surface area (Å²) in [6.45, 7) is 0. The van der Waals surface area contributed by atoms with Crippen LogP contribution in [0.4, 0.5) is 11.4 Å². The van der Waals surface area contributed by atoms with E-state index in [1.54, 1.807) is 18.2 Å². The zero-order valence-electron chi connectivity index (χ0n) is 9.97. The SMILES string of the molecule is O=C(Nc1cccc(I)c1)c1cc(Cl)ccc1[N+](=O)[O-]. The standard InChI is InChI=1S/C13H8ClIN2O3/c14-8-4-5-12(17(19)20)11(6-8)13(18)16-10-3-1-2-9(15)7-10/h1-7H,(H,16,18). The van der Waals surface area contributed by atoms with Gasteiger partial charge >= 0.3 is 0 Å². The molecule has 0 unspecified atom stereocenters. The number of nitro groups is 1. The molecule has 0 aliphatic carbocycles. The maximum absolute atomic E-state index is 12.1. The summed E-state index contributed by atoms with van der Waals surface area (Å²) < 4.78 is 0.945. The zero-order chi connectivity index (χ0) is 14.7. The molecule has 0 saturated carbocycles. The highest BCUT2D eigenvalue weighted by Gasteiger charge is 2.20. The molecule has 0 saturated heterocycles. The molecule has 2 aromatic rings. The van der Waals surface area contributed by atoms with Crippen LogP contribution in [0.15, 0.2) is 42.5 Å². The molecular formula is C13H8ClIN2O3. The lowest BCUT2D eigenvalue weighted by molar-refractivity contribution is -0.385. The summed E-state index contributed by atoms with van der Waals surface area (Å²) in [5, 5.41) is 13.8. The Morgan fingerprint density at radius 2 is 2.00 bits per heavy atom. The van der Waals surface area contributed by atoms with Gasteiger partial charge in [-0.15, -0.1) is 0 Å². The predicted octanol–water partition coefficient (Wildman–Crippen LogP) is 4.11. The number of amides is 1. The van der Waals surface area contributed by atoms with Crippen molar-refractivity contribution in [3.63, 3.8) is 0 Å². The van der Waals surface area contributed by atoms with E-state index in [0.29, 0.717) is 5.69 Å². The predicted molar refractivity (Wildman–Crippen MR) is 85.2 cm³/mol. The first kappa shape index (κ1) is 14.7. The second-order valence-electron chi connectivity index (χ2n) is 3.88. The average Bonchev–Trinajstić information content (AvgIpc) is 2.38. The monoisotopic (exact) mass is 402 g/mol. The Kier molecular flexibility index (Phi) is 4.56. The third-order valence-electron chi connectivity index (χ3n) is 2.48. The van der Waals surface area contributed by atoms with Crippen LogP contribution in [-0.4, -0.2) is 10.8 Å². The topological polar surface area (TPSA) is 72.2 Å². The Morgan fingerprint density at radius 1 is 1.25 bits per heavy atom. The number of nitrogens with one attached hydrogen (secondary N) is 1. The summed E-state index contributed by atoms with van der Waals surface area (Å²) in [5.41, 5.74) is 0.218. The van der Waals surface area contributed by atoms with Crippen molar-refractivity contribution in [3.8, 4) is 0 Å². The fourth-order valence-electron chi connectivity index (χ4n) is 1.61. The van der Waals surface area contributed by atoms with Crippen LogP contribution in [0.1, 0.15) is 10.4 Å². The Bertz CT molecular complexity index is 691. The third-order valence-corrected chi connectivity index (χ3v) is 3.39. The number of rotatable bonds is 3. The van der Waals surface area contributed by atoms with Gasteiger partial charge in [-0.3, -0.25) is 14.9 Å². The molecule has 1 amide bonds. The lowest BCUT2D eigenvalue weighted by Crippen LogP contribution is -2.14. The summed E-state index contributed by atoms with van der Waals surface area (Å²) in [5.74, 6) is -0.568. The number of halogens is 2. The number of carbonyl (C=O) groups is 1. The van der Waals surface area contributed by atoms with E-state index in [1.165, 1.54) is 18.2 Å². The van der Waals surface area contributed by atoms with Crippen LogP contribution in [0.2, 0.25) is 5.02 Å². The second-order valence-corrected chi connectivity index (χ2v) is 5.57. The number of hydrogen-bond acceptors (Lipinski definition) is 3. The summed E-state index contributed by atoms with van der Waals surface area (Å²) in [6.07, 6.45) is 0. The van der Waals surface area contributed by atoms with E-state index < -0.39 is 10.8 Å². The van der Waals surface area contributed by atoms with Crippen LogP contribution >= 0.6 is 34.2 Å². The van der Waals surface area contributed by atoms with E-state index >= 15 is 0 Å². The van der Waals surface area contributed by atoms with Gasteiger partial charge in [0.2, 0.25) is 0 Å². The number of carbonyl (C=O) groups excluding carboxylic acids is 1. The summed E-state index contributed by atoms with van der Waals surface area (Å²) >= 11 is 7.90. The van der Waals surface area contributed by atoms with Crippen molar-refractivity contribution in [1.29, 1.82) is 0 Å². The van der Waals surface area contributed by atoms with Crippen LogP contribution in [0.5, 0.6) is 0 Å². The highest BCUT2D eigenvalue weighted by molar-refractivity contribution is 14.1. The molecule has 0 fully saturated rings. The molecule has 0 atom stereocenters. The van der Waals surface area contributed by atoms with Gasteiger partial charge in [0.1, 0.15) is 5.56 Å². The maximum atomic E-state index is 12.1. The fourth-order valence-corrected chi connectivity index (χ4v) is 2.33. The van der Waals surface area contributed by atoms with Crippen molar-refractivity contribution < 1.29 is 9.72 Å². The number of benzene rings is 2. The number of hydrogen-bond donors (Lipinski definition) is 1. The largest absolute Gasteiger partial charge is 0.322 e. The minimum atomic E-state index is -0.611. The number of nitrogens with zero attached hydrogens (tertiary/aromatic N) is 1. The van der Waals surface area contributed by atoms with Gasteiger partial charge in [-0.05, 0) is 52.9 Å². The van der Waals surface area contributed by atoms with E-state index in [2.05, 4.69) is 27.9 Å². The van der Waals surface area contributed by atoms with E-state index in [1.807, 2.05) is 6.07 Å². The van der Waals surface area contributed by atoms with Gasteiger partial charge in [-0.2, -0.15) is 0 Å². The Labute approximate surface area is 133 Å². The summed E-state index contributed by atoms with van der Waals surface area (Å²) in [7, 11) is 0. The van der Waals surface area contributed by atoms with Gasteiger partial charge in [-0.1, -0.05) is 17.7 Å². The molecular weight excluding hydrogens is 395 g/mol. The minimum Gasteiger partial charge on any atom is -0.322 e. The van der Waals surface area contributed by atoms with Gasteiger partial charge < -0.3 is 5.32 Å². The molecule has 0 aromatic heterocycles. The van der Waals surface area contributed by atoms with Crippen molar-refractivity contribution in [3.05, 3.63) is 66.7 Å². The molecule has 0 radical (unpaired) electrons. The molecule has 0 heterocycles. The molecule has 20 heavy (non-hydrogen) atoms. The molecule has 1 N–H and O–H groups in total. The first-order valence-electron chi connectivity index (χ1n) is 5.48. The number of nitro benzene ring substituents is 1. The van der Waals surface area contributed by atoms with E-state index in [-0.39, 0.29) is 16.3 Å². The molecule has 2 aromatic carbocycles. The van der Waals surface area contributed by atoms with E-state index in [0.717, 1.165) is 3.57 Å². The third kappa shape index (κ3) is 3.45. The lowest BCUT2D eigenvalue weighted by atomic mass is 10.1. The Balaban J connectivity index is 2.34. The lowest BCUT2D eigenvalue weighted by Gasteiger charge is -2.06. The molecule has 0 aliphatic rings. The summed E-state index contributed by atoms with van der Waals surface area (Å²) in [4.78, 5) is 22.4. The molecule has 102 valence electrons. The minimum absolute atomic E-state index is 0.0682. The number of anilines is 1. The molecule has 0 spiro atoms. The quantitative estimate of drug-likeness (QED) is 0.477. The molecule has 0 bridgehead atoms. The molecule has 2 rings (SSSR count). The fraction of sp³-hybridized carbons (Fsp3) is 0. The van der Waals surface area contributed by atoms with Crippen molar-refractivity contribution in [1.82, 2.24) is 0 Å². The van der Waals surface area contributed by atoms with Crippen molar-refractivity contribution in [2.75, 3.05) is 5.32 Å². The van der Waals surface area contributed by atoms with Crippen LogP contribution < -0.4 is 5.32 Å². The highest BCUT2D eigenvalue weighted by Crippen LogP contribution is 2.24. The van der Waals surface area contributed by atoms with E-state index in [9.17, 15) is 14.9 Å². The maximum Gasteiger partial charge on any atom is 0.282 e. The smallest absolute Gasteiger partial charge is 0.282 e. The van der Waals surface area contributed by atoms with Gasteiger partial charge in [0.25, 0.3) is 11.6 Å². The average molecular weight is 403 g/mol. The second kappa shape index (κ2) is 6.19. The molecule has 0 aliphatic heterocycles. The van der Waals surface area contributed by atoms with Crippen LogP contribution in [-0.2, 0) is 0 Å². The van der Waals surface area contributed by atoms with Crippen LogP contribution in [0.3, 0.4) is 0 Å². The first-order chi connectivity index (χ1) is 9.47. The highest BCUT2D eigenvalue weighted by atomic mass is 127. The van der Waals surface area contributed by atoms with Gasteiger partial charge in [-0.25, -0.2) is 0 Å². The van der Waals surface area contributed by atoms with Crippen molar-refractivity contribution in [2.24, 2.45) is 0 Å². The first-order valence-corrected chi connectivity index (χ1v) is 6.94. The van der Waals surface area contributed by atoms with Gasteiger partial charge in [0.05, 0.1) is 4.92 Å². The van der Waals surface area contributed by atoms with Gasteiger partial charge in [0.15, 0.2) is 0 Å². The zero-order valence-corrected chi connectivity index (χ0v) is 12.9. The normalized spacial score (nSPS) is 10.1. The molecule has 7 heteroatoms. The van der Waals surface area contributed by atoms with Crippen LogP contribution in [0, 0.1) is 13.7 Å². The van der Waals surface area contributed by atoms with Gasteiger partial charge in [0, 0.05) is 20.3 Å².